The molecule has 4 rings (SSSR count). The SMILES string of the molecule is OC1(CN2CCCC2)CCN(c2ncnc3[nH]ccc23)CC1. The number of fused-ring (bicyclic) bond motifs is 1. The van der Waals surface area contributed by atoms with E-state index in [-0.39, 0.29) is 0 Å². The summed E-state index contributed by atoms with van der Waals surface area (Å²) in [5.74, 6) is 0.981. The van der Waals surface area contributed by atoms with Crippen molar-refractivity contribution in [3.05, 3.63) is 18.6 Å². The summed E-state index contributed by atoms with van der Waals surface area (Å²) in [6.07, 6.45) is 7.66. The van der Waals surface area contributed by atoms with Gasteiger partial charge in [0.25, 0.3) is 0 Å². The number of hydrogen-bond acceptors (Lipinski definition) is 5. The molecule has 118 valence electrons. The van der Waals surface area contributed by atoms with Gasteiger partial charge < -0.3 is 19.9 Å². The van der Waals surface area contributed by atoms with Crippen molar-refractivity contribution in [1.29, 1.82) is 0 Å². The van der Waals surface area contributed by atoms with Crippen LogP contribution in [0.4, 0.5) is 5.82 Å². The molecule has 0 unspecified atom stereocenters. The Bertz CT molecular complexity index is 641. The molecule has 2 fully saturated rings. The van der Waals surface area contributed by atoms with Crippen LogP contribution in [0.15, 0.2) is 18.6 Å². The third-order valence-corrected chi connectivity index (χ3v) is 5.04. The fraction of sp³-hybridized carbons (Fsp3) is 0.625. The van der Waals surface area contributed by atoms with E-state index in [1.165, 1.54) is 12.8 Å². The van der Waals surface area contributed by atoms with E-state index in [1.807, 2.05) is 12.3 Å². The van der Waals surface area contributed by atoms with Crippen LogP contribution in [0.25, 0.3) is 11.0 Å². The van der Waals surface area contributed by atoms with Crippen molar-refractivity contribution >= 4 is 16.9 Å². The summed E-state index contributed by atoms with van der Waals surface area (Å²) in [7, 11) is 0. The first-order valence-electron chi connectivity index (χ1n) is 8.21. The van der Waals surface area contributed by atoms with E-state index in [0.717, 1.165) is 62.4 Å². The van der Waals surface area contributed by atoms with Crippen LogP contribution in [0.3, 0.4) is 0 Å². The molecular weight excluding hydrogens is 278 g/mol. The fourth-order valence-electron chi connectivity index (χ4n) is 3.76. The first-order chi connectivity index (χ1) is 10.7. The number of aromatic nitrogens is 3. The molecule has 0 aliphatic carbocycles. The third kappa shape index (κ3) is 2.57. The van der Waals surface area contributed by atoms with Gasteiger partial charge in [0.2, 0.25) is 0 Å². The van der Waals surface area contributed by atoms with Crippen LogP contribution in [-0.2, 0) is 0 Å². The second-order valence-corrected chi connectivity index (χ2v) is 6.63. The van der Waals surface area contributed by atoms with Crippen LogP contribution in [0.2, 0.25) is 0 Å². The van der Waals surface area contributed by atoms with Gasteiger partial charge in [-0.05, 0) is 44.8 Å². The zero-order valence-corrected chi connectivity index (χ0v) is 12.8. The highest BCUT2D eigenvalue weighted by Gasteiger charge is 2.35. The fourth-order valence-corrected chi connectivity index (χ4v) is 3.76. The highest BCUT2D eigenvalue weighted by Crippen LogP contribution is 2.30. The Balaban J connectivity index is 1.46. The summed E-state index contributed by atoms with van der Waals surface area (Å²) in [5.41, 5.74) is 0.341. The first kappa shape index (κ1) is 14.0. The van der Waals surface area contributed by atoms with E-state index < -0.39 is 5.60 Å². The quantitative estimate of drug-likeness (QED) is 0.896. The maximum Gasteiger partial charge on any atom is 0.142 e. The summed E-state index contributed by atoms with van der Waals surface area (Å²) >= 11 is 0. The van der Waals surface area contributed by atoms with Crippen molar-refractivity contribution in [2.24, 2.45) is 0 Å². The number of nitrogens with one attached hydrogen (secondary N) is 1. The van der Waals surface area contributed by atoms with Crippen molar-refractivity contribution < 1.29 is 5.11 Å². The number of likely N-dealkylation sites (tertiary alicyclic amines) is 1. The molecule has 0 aromatic carbocycles. The summed E-state index contributed by atoms with van der Waals surface area (Å²) < 4.78 is 0. The van der Waals surface area contributed by atoms with Crippen LogP contribution >= 0.6 is 0 Å². The number of nitrogens with zero attached hydrogens (tertiary/aromatic N) is 4. The number of β-amino-alcohol motifs (C(OH)–C–C–N with tert-alkyl or cyclic N) is 1. The summed E-state index contributed by atoms with van der Waals surface area (Å²) in [6.45, 7) is 4.80. The minimum Gasteiger partial charge on any atom is -0.388 e. The Morgan fingerprint density at radius 3 is 2.68 bits per heavy atom. The van der Waals surface area contributed by atoms with Gasteiger partial charge in [-0.2, -0.15) is 0 Å². The second-order valence-electron chi connectivity index (χ2n) is 6.63. The number of hydrogen-bond donors (Lipinski definition) is 2. The number of anilines is 1. The average Bonchev–Trinajstić information content (AvgIpc) is 3.18. The Kier molecular flexibility index (Phi) is 3.50. The van der Waals surface area contributed by atoms with E-state index >= 15 is 0 Å². The van der Waals surface area contributed by atoms with E-state index in [4.69, 9.17) is 0 Å². The molecular formula is C16H23N5O. The Labute approximate surface area is 130 Å². The van der Waals surface area contributed by atoms with E-state index in [0.29, 0.717) is 0 Å². The summed E-state index contributed by atoms with van der Waals surface area (Å²) in [4.78, 5) is 16.5. The average molecular weight is 301 g/mol. The lowest BCUT2D eigenvalue weighted by atomic mass is 9.90. The standard InChI is InChI=1S/C16H23N5O/c22-16(11-20-7-1-2-8-20)4-9-21(10-5-16)15-13-3-6-17-14(13)18-12-19-15/h3,6,12,22H,1-2,4-5,7-11H2,(H,17,18,19). The van der Waals surface area contributed by atoms with Gasteiger partial charge in [0.15, 0.2) is 0 Å². The zero-order valence-electron chi connectivity index (χ0n) is 12.8. The molecule has 0 radical (unpaired) electrons. The topological polar surface area (TPSA) is 68.3 Å². The van der Waals surface area contributed by atoms with Gasteiger partial charge in [0.1, 0.15) is 17.8 Å². The third-order valence-electron chi connectivity index (χ3n) is 5.04. The van der Waals surface area contributed by atoms with E-state index in [9.17, 15) is 5.11 Å². The molecule has 2 aliphatic heterocycles. The Hall–Kier alpha value is -1.66. The second kappa shape index (κ2) is 5.52. The molecule has 4 heterocycles. The van der Waals surface area contributed by atoms with Crippen molar-refractivity contribution in [2.45, 2.75) is 31.3 Å². The number of piperidine rings is 1. The maximum absolute atomic E-state index is 10.9. The van der Waals surface area contributed by atoms with Gasteiger partial charge in [-0.1, -0.05) is 0 Å². The highest BCUT2D eigenvalue weighted by molar-refractivity contribution is 5.87. The Morgan fingerprint density at radius 2 is 1.91 bits per heavy atom. The van der Waals surface area contributed by atoms with Gasteiger partial charge in [0, 0.05) is 25.8 Å². The summed E-state index contributed by atoms with van der Waals surface area (Å²) in [5, 5.41) is 11.9. The van der Waals surface area contributed by atoms with Crippen LogP contribution in [-0.4, -0.2) is 63.3 Å². The van der Waals surface area contributed by atoms with Crippen molar-refractivity contribution in [3.8, 4) is 0 Å². The molecule has 0 saturated carbocycles. The minimum atomic E-state index is -0.537. The van der Waals surface area contributed by atoms with Crippen LogP contribution in [0.5, 0.6) is 0 Å². The number of rotatable bonds is 3. The molecule has 2 aromatic rings. The van der Waals surface area contributed by atoms with E-state index in [1.54, 1.807) is 6.33 Å². The van der Waals surface area contributed by atoms with Crippen molar-refractivity contribution in [3.63, 3.8) is 0 Å². The van der Waals surface area contributed by atoms with Gasteiger partial charge >= 0.3 is 0 Å². The zero-order chi connectivity index (χ0) is 15.0. The van der Waals surface area contributed by atoms with Crippen LogP contribution < -0.4 is 4.90 Å². The molecule has 22 heavy (non-hydrogen) atoms. The maximum atomic E-state index is 10.9. The lowest BCUT2D eigenvalue weighted by Gasteiger charge is -2.40. The van der Waals surface area contributed by atoms with E-state index in [2.05, 4.69) is 24.8 Å². The molecule has 2 aliphatic rings. The predicted molar refractivity (Wildman–Crippen MR) is 86.0 cm³/mol. The first-order valence-corrected chi connectivity index (χ1v) is 8.21. The molecule has 0 spiro atoms. The van der Waals surface area contributed by atoms with Gasteiger partial charge in [-0.15, -0.1) is 0 Å². The lowest BCUT2D eigenvalue weighted by molar-refractivity contribution is -0.0111. The van der Waals surface area contributed by atoms with Gasteiger partial charge in [0.05, 0.1) is 11.0 Å². The molecule has 2 saturated heterocycles. The molecule has 2 N–H and O–H groups in total. The van der Waals surface area contributed by atoms with Crippen LogP contribution in [0.1, 0.15) is 25.7 Å². The Morgan fingerprint density at radius 1 is 1.14 bits per heavy atom. The molecule has 6 heteroatoms. The normalized spacial score (nSPS) is 22.5. The highest BCUT2D eigenvalue weighted by atomic mass is 16.3. The molecule has 6 nitrogen and oxygen atoms in total. The van der Waals surface area contributed by atoms with Gasteiger partial charge in [-0.3, -0.25) is 0 Å². The minimum absolute atomic E-state index is 0.537. The molecule has 0 atom stereocenters. The number of H-pyrrole nitrogens is 1. The monoisotopic (exact) mass is 301 g/mol. The largest absolute Gasteiger partial charge is 0.388 e. The number of aliphatic hydroxyl groups is 1. The smallest absolute Gasteiger partial charge is 0.142 e. The van der Waals surface area contributed by atoms with Crippen molar-refractivity contribution in [1.82, 2.24) is 19.9 Å². The lowest BCUT2D eigenvalue weighted by Crippen LogP contribution is -2.50. The van der Waals surface area contributed by atoms with Crippen LogP contribution in [0, 0.1) is 0 Å². The summed E-state index contributed by atoms with van der Waals surface area (Å²) in [6, 6.07) is 2.02. The molecule has 0 bridgehead atoms. The predicted octanol–water partition coefficient (Wildman–Crippen LogP) is 1.38. The molecule has 0 amide bonds. The van der Waals surface area contributed by atoms with Crippen molar-refractivity contribution in [2.75, 3.05) is 37.6 Å². The number of aromatic amines is 1. The molecule has 2 aromatic heterocycles. The van der Waals surface area contributed by atoms with Gasteiger partial charge in [-0.25, -0.2) is 9.97 Å².